The molecule has 3 rings (SSSR count). The maximum atomic E-state index is 12.9. The first-order valence-electron chi connectivity index (χ1n) is 11.1. The second-order valence-electron chi connectivity index (χ2n) is 8.26. The highest BCUT2D eigenvalue weighted by molar-refractivity contribution is 7.12. The zero-order valence-electron chi connectivity index (χ0n) is 18.4. The van der Waals surface area contributed by atoms with Crippen LogP contribution in [-0.4, -0.2) is 42.9 Å². The molecule has 5 heteroatoms. The van der Waals surface area contributed by atoms with Crippen LogP contribution in [0, 0.1) is 0 Å². The minimum atomic E-state index is 0.134. The van der Waals surface area contributed by atoms with Gasteiger partial charge in [-0.25, -0.2) is 0 Å². The largest absolute Gasteiger partial charge is 0.378 e. The Morgan fingerprint density at radius 2 is 1.70 bits per heavy atom. The molecule has 0 N–H and O–H groups in total. The molecule has 30 heavy (non-hydrogen) atoms. The third kappa shape index (κ3) is 5.58. The number of hydrogen-bond donors (Lipinski definition) is 0. The number of hydrogen-bond acceptors (Lipinski definition) is 4. The summed E-state index contributed by atoms with van der Waals surface area (Å²) in [6.45, 7) is 9.12. The Hall–Kier alpha value is -1.98. The topological polar surface area (TPSA) is 46.6 Å². The van der Waals surface area contributed by atoms with Crippen molar-refractivity contribution in [3.8, 4) is 0 Å². The van der Waals surface area contributed by atoms with Gasteiger partial charge in [-0.3, -0.25) is 9.59 Å². The Labute approximate surface area is 184 Å². The summed E-state index contributed by atoms with van der Waals surface area (Å²) in [5, 5.41) is 2.02. The molecule has 0 bridgehead atoms. The Bertz CT molecular complexity index is 834. The molecule has 0 saturated carbocycles. The van der Waals surface area contributed by atoms with Crippen molar-refractivity contribution >= 4 is 23.0 Å². The normalized spacial score (nSPS) is 15.4. The van der Waals surface area contributed by atoms with Crippen LogP contribution in [0.1, 0.15) is 84.7 Å². The van der Waals surface area contributed by atoms with Crippen LogP contribution in [0.2, 0.25) is 0 Å². The van der Waals surface area contributed by atoms with Crippen LogP contribution in [0.3, 0.4) is 0 Å². The highest BCUT2D eigenvalue weighted by atomic mass is 32.1. The molecule has 4 nitrogen and oxygen atoms in total. The van der Waals surface area contributed by atoms with Gasteiger partial charge in [0, 0.05) is 31.8 Å². The number of carbonyl (C=O) groups is 2. The van der Waals surface area contributed by atoms with Crippen LogP contribution in [0.25, 0.3) is 0 Å². The predicted octanol–water partition coefficient (Wildman–Crippen LogP) is 5.63. The fourth-order valence-electron chi connectivity index (χ4n) is 4.05. The summed E-state index contributed by atoms with van der Waals surface area (Å²) < 4.78 is 5.30. The molecule has 1 amide bonds. The molecule has 1 saturated heterocycles. The van der Waals surface area contributed by atoms with E-state index in [9.17, 15) is 9.59 Å². The van der Waals surface area contributed by atoms with Gasteiger partial charge in [0.1, 0.15) is 0 Å². The molecule has 0 radical (unpaired) electrons. The van der Waals surface area contributed by atoms with E-state index in [0.717, 1.165) is 16.9 Å². The summed E-state index contributed by atoms with van der Waals surface area (Å²) in [4.78, 5) is 28.0. The van der Waals surface area contributed by atoms with E-state index >= 15 is 0 Å². The van der Waals surface area contributed by atoms with Crippen LogP contribution in [-0.2, 0) is 9.53 Å². The summed E-state index contributed by atoms with van der Waals surface area (Å²) in [6, 6.07) is 10.9. The van der Waals surface area contributed by atoms with E-state index in [1.165, 1.54) is 22.5 Å². The van der Waals surface area contributed by atoms with E-state index in [1.807, 2.05) is 10.3 Å². The number of benzene rings is 1. The number of Topliss-reactive ketones (excluding diaryl/α,β-unsaturated/α-hetero) is 1. The Balaban J connectivity index is 1.62. The molecule has 2 heterocycles. The first kappa shape index (κ1) is 22.7. The molecule has 0 aliphatic carbocycles. The fraction of sp³-hybridized carbons (Fsp3) is 0.520. The van der Waals surface area contributed by atoms with Gasteiger partial charge in [-0.1, -0.05) is 45.0 Å². The van der Waals surface area contributed by atoms with E-state index in [-0.39, 0.29) is 17.6 Å². The van der Waals surface area contributed by atoms with Crippen molar-refractivity contribution < 1.29 is 14.3 Å². The minimum absolute atomic E-state index is 0.134. The number of carbonyl (C=O) groups excluding carboxylic acids is 2. The lowest BCUT2D eigenvalue weighted by atomic mass is 9.87. The van der Waals surface area contributed by atoms with Crippen molar-refractivity contribution in [1.29, 1.82) is 0 Å². The predicted molar refractivity (Wildman–Crippen MR) is 123 cm³/mol. The van der Waals surface area contributed by atoms with Gasteiger partial charge in [0.15, 0.2) is 5.78 Å². The van der Waals surface area contributed by atoms with Gasteiger partial charge in [0.25, 0.3) is 0 Å². The van der Waals surface area contributed by atoms with Crippen LogP contribution < -0.4 is 0 Å². The number of nitrogens with zero attached hydrogens (tertiary/aromatic N) is 1. The quantitative estimate of drug-likeness (QED) is 0.488. The highest BCUT2D eigenvalue weighted by Gasteiger charge is 2.22. The van der Waals surface area contributed by atoms with E-state index in [1.54, 1.807) is 0 Å². The van der Waals surface area contributed by atoms with Gasteiger partial charge in [-0.2, -0.15) is 0 Å². The van der Waals surface area contributed by atoms with Crippen LogP contribution in [0.5, 0.6) is 0 Å². The minimum Gasteiger partial charge on any atom is -0.378 e. The maximum absolute atomic E-state index is 12.9. The molecule has 1 atom stereocenters. The van der Waals surface area contributed by atoms with Crippen LogP contribution in [0.4, 0.5) is 0 Å². The van der Waals surface area contributed by atoms with Crippen molar-refractivity contribution in [2.75, 3.05) is 26.3 Å². The van der Waals surface area contributed by atoms with Gasteiger partial charge < -0.3 is 9.64 Å². The van der Waals surface area contributed by atoms with Crippen molar-refractivity contribution in [2.24, 2.45) is 0 Å². The molecular formula is C25H33NO3S. The molecule has 1 fully saturated rings. The van der Waals surface area contributed by atoms with Crippen molar-refractivity contribution in [3.63, 3.8) is 0 Å². The number of morpholine rings is 1. The van der Waals surface area contributed by atoms with Crippen LogP contribution >= 0.6 is 11.3 Å². The van der Waals surface area contributed by atoms with Gasteiger partial charge in [-0.15, -0.1) is 11.3 Å². The highest BCUT2D eigenvalue weighted by Crippen LogP contribution is 2.34. The Kier molecular flexibility index (Phi) is 8.23. The monoisotopic (exact) mass is 427 g/mol. The number of thiophene rings is 1. The van der Waals surface area contributed by atoms with E-state index in [2.05, 4.69) is 51.1 Å². The van der Waals surface area contributed by atoms with E-state index in [4.69, 9.17) is 4.74 Å². The number of rotatable bonds is 9. The smallest absolute Gasteiger partial charge is 0.222 e. The SMILES string of the molecule is CCC(c1ccc(C(C)C)cc1)c1ccsc1C(=O)CCCC(=O)N1CCOCC1. The summed E-state index contributed by atoms with van der Waals surface area (Å²) >= 11 is 1.53. The Morgan fingerprint density at radius 1 is 1.03 bits per heavy atom. The average Bonchev–Trinajstić information content (AvgIpc) is 3.25. The zero-order valence-corrected chi connectivity index (χ0v) is 19.2. The van der Waals surface area contributed by atoms with Crippen molar-refractivity contribution in [2.45, 2.75) is 58.3 Å². The van der Waals surface area contributed by atoms with Crippen LogP contribution in [0.15, 0.2) is 35.7 Å². The molecular weight excluding hydrogens is 394 g/mol. The van der Waals surface area contributed by atoms with E-state index in [0.29, 0.717) is 51.5 Å². The molecule has 1 aromatic heterocycles. The summed E-state index contributed by atoms with van der Waals surface area (Å²) in [7, 11) is 0. The number of ketones is 1. The lowest BCUT2D eigenvalue weighted by molar-refractivity contribution is -0.135. The fourth-order valence-corrected chi connectivity index (χ4v) is 4.98. The first-order chi connectivity index (χ1) is 14.5. The Morgan fingerprint density at radius 3 is 2.33 bits per heavy atom. The molecule has 162 valence electrons. The third-order valence-corrected chi connectivity index (χ3v) is 6.87. The van der Waals surface area contributed by atoms with E-state index < -0.39 is 0 Å². The lowest BCUT2D eigenvalue weighted by Gasteiger charge is -2.26. The van der Waals surface area contributed by atoms with Gasteiger partial charge in [-0.05, 0) is 46.9 Å². The molecule has 1 aliphatic rings. The average molecular weight is 428 g/mol. The summed E-state index contributed by atoms with van der Waals surface area (Å²) in [5.74, 6) is 1.03. The van der Waals surface area contributed by atoms with Gasteiger partial charge >= 0.3 is 0 Å². The second-order valence-corrected chi connectivity index (χ2v) is 9.17. The molecule has 2 aromatic rings. The number of ether oxygens (including phenoxy) is 1. The second kappa shape index (κ2) is 10.9. The summed E-state index contributed by atoms with van der Waals surface area (Å²) in [5.41, 5.74) is 3.72. The summed E-state index contributed by atoms with van der Waals surface area (Å²) in [6.07, 6.45) is 2.41. The molecule has 0 spiro atoms. The zero-order chi connectivity index (χ0) is 21.5. The first-order valence-corrected chi connectivity index (χ1v) is 11.9. The molecule has 1 aromatic carbocycles. The number of amides is 1. The van der Waals surface area contributed by atoms with Crippen molar-refractivity contribution in [1.82, 2.24) is 4.90 Å². The standard InChI is InChI=1S/C25H33NO3S/c1-4-21(20-10-8-19(9-11-20)18(2)3)22-12-17-30-25(22)23(27)6-5-7-24(28)26-13-15-29-16-14-26/h8-12,17-18,21H,4-7,13-16H2,1-3H3. The molecule has 1 unspecified atom stereocenters. The van der Waals surface area contributed by atoms with Gasteiger partial charge in [0.2, 0.25) is 5.91 Å². The van der Waals surface area contributed by atoms with Crippen molar-refractivity contribution in [3.05, 3.63) is 57.3 Å². The van der Waals surface area contributed by atoms with Gasteiger partial charge in [0.05, 0.1) is 18.1 Å². The lowest BCUT2D eigenvalue weighted by Crippen LogP contribution is -2.40. The third-order valence-electron chi connectivity index (χ3n) is 5.90. The maximum Gasteiger partial charge on any atom is 0.222 e. The molecule has 1 aliphatic heterocycles.